The lowest BCUT2D eigenvalue weighted by molar-refractivity contribution is 0.0607. The Kier molecular flexibility index (Phi) is 4.89. The number of hydrogen-bond donors (Lipinski definition) is 2. The number of aromatic hydroxyl groups is 1. The number of hydrogen-bond acceptors (Lipinski definition) is 6. The molecule has 8 heteroatoms. The SMILES string of the molecule is CN(c1ccc(-c2ccc(-n3ccnc3)cc2O)nn1)[C@@H]1C[C@@]2(C)CCCC(N2)[C@@H]1F. The molecule has 0 amide bonds. The summed E-state index contributed by atoms with van der Waals surface area (Å²) in [5.41, 5.74) is 1.94. The number of imidazole rings is 1. The molecule has 2 aliphatic heterocycles. The summed E-state index contributed by atoms with van der Waals surface area (Å²) in [6.45, 7) is 2.19. The van der Waals surface area contributed by atoms with E-state index in [2.05, 4.69) is 27.4 Å². The first-order chi connectivity index (χ1) is 14.9. The molecule has 2 aliphatic rings. The molecule has 0 aliphatic carbocycles. The number of phenolic OH excluding ortho intramolecular Hbond substituents is 1. The van der Waals surface area contributed by atoms with Crippen LogP contribution in [0.5, 0.6) is 5.75 Å². The zero-order valence-electron chi connectivity index (χ0n) is 17.7. The van der Waals surface area contributed by atoms with Gasteiger partial charge in [-0.25, -0.2) is 9.37 Å². The Morgan fingerprint density at radius 3 is 2.84 bits per heavy atom. The monoisotopic (exact) mass is 422 g/mol. The Balaban J connectivity index is 1.36. The second kappa shape index (κ2) is 7.60. The van der Waals surface area contributed by atoms with Gasteiger partial charge in [-0.05, 0) is 56.9 Å². The highest BCUT2D eigenvalue weighted by atomic mass is 19.1. The van der Waals surface area contributed by atoms with Gasteiger partial charge in [-0.3, -0.25) is 0 Å². The van der Waals surface area contributed by atoms with Gasteiger partial charge in [0, 0.05) is 42.7 Å². The summed E-state index contributed by atoms with van der Waals surface area (Å²) < 4.78 is 17.0. The fraction of sp³-hybridized carbons (Fsp3) is 0.435. The van der Waals surface area contributed by atoms with Crippen molar-refractivity contribution >= 4 is 5.82 Å². The van der Waals surface area contributed by atoms with E-state index in [4.69, 9.17) is 0 Å². The van der Waals surface area contributed by atoms with Gasteiger partial charge in [-0.1, -0.05) is 0 Å². The summed E-state index contributed by atoms with van der Waals surface area (Å²) in [4.78, 5) is 5.94. The van der Waals surface area contributed by atoms with Gasteiger partial charge in [0.2, 0.25) is 0 Å². The molecule has 4 atom stereocenters. The van der Waals surface area contributed by atoms with Gasteiger partial charge in [0.25, 0.3) is 0 Å². The van der Waals surface area contributed by atoms with Crippen LogP contribution in [0.3, 0.4) is 0 Å². The molecule has 5 rings (SSSR count). The van der Waals surface area contributed by atoms with E-state index in [1.807, 2.05) is 47.0 Å². The van der Waals surface area contributed by atoms with Gasteiger partial charge in [0.1, 0.15) is 11.9 Å². The highest BCUT2D eigenvalue weighted by molar-refractivity contribution is 5.69. The molecule has 2 N–H and O–H groups in total. The molecule has 3 aromatic rings. The molecule has 7 nitrogen and oxygen atoms in total. The van der Waals surface area contributed by atoms with Crippen LogP contribution in [-0.2, 0) is 0 Å². The van der Waals surface area contributed by atoms with E-state index >= 15 is 4.39 Å². The number of nitrogens with one attached hydrogen (secondary N) is 1. The molecule has 2 bridgehead atoms. The van der Waals surface area contributed by atoms with E-state index in [0.29, 0.717) is 17.1 Å². The molecule has 1 aromatic carbocycles. The van der Waals surface area contributed by atoms with E-state index in [1.165, 1.54) is 0 Å². The van der Waals surface area contributed by atoms with Crippen LogP contribution in [0.4, 0.5) is 10.2 Å². The van der Waals surface area contributed by atoms with Crippen LogP contribution in [0.1, 0.15) is 32.6 Å². The summed E-state index contributed by atoms with van der Waals surface area (Å²) in [7, 11) is 1.89. The molecule has 1 unspecified atom stereocenters. The van der Waals surface area contributed by atoms with E-state index in [9.17, 15) is 5.11 Å². The summed E-state index contributed by atoms with van der Waals surface area (Å²) in [5, 5.41) is 22.7. The lowest BCUT2D eigenvalue weighted by Crippen LogP contribution is -2.66. The maximum absolute atomic E-state index is 15.2. The molecule has 2 aromatic heterocycles. The number of aromatic nitrogens is 4. The van der Waals surface area contributed by atoms with E-state index in [0.717, 1.165) is 31.4 Å². The highest BCUT2D eigenvalue weighted by Crippen LogP contribution is 2.38. The molecule has 2 saturated heterocycles. The summed E-state index contributed by atoms with van der Waals surface area (Å²) in [6, 6.07) is 8.70. The van der Waals surface area contributed by atoms with E-state index in [1.54, 1.807) is 18.6 Å². The number of rotatable bonds is 4. The van der Waals surface area contributed by atoms with Gasteiger partial charge in [0.15, 0.2) is 5.82 Å². The van der Waals surface area contributed by atoms with Crippen molar-refractivity contribution in [2.24, 2.45) is 0 Å². The summed E-state index contributed by atoms with van der Waals surface area (Å²) >= 11 is 0. The Morgan fingerprint density at radius 2 is 2.13 bits per heavy atom. The number of halogens is 1. The number of phenols is 1. The lowest BCUT2D eigenvalue weighted by atomic mass is 9.74. The van der Waals surface area contributed by atoms with E-state index in [-0.39, 0.29) is 23.4 Å². The van der Waals surface area contributed by atoms with Crippen LogP contribution in [0.25, 0.3) is 16.9 Å². The molecule has 31 heavy (non-hydrogen) atoms. The number of piperidine rings is 2. The van der Waals surface area contributed by atoms with Gasteiger partial charge in [0.05, 0.1) is 23.8 Å². The predicted molar refractivity (Wildman–Crippen MR) is 117 cm³/mol. The average Bonchev–Trinajstić information content (AvgIpc) is 3.31. The molecular weight excluding hydrogens is 395 g/mol. The molecule has 0 radical (unpaired) electrons. The van der Waals surface area contributed by atoms with Crippen LogP contribution in [0, 0.1) is 0 Å². The molecule has 2 fully saturated rings. The highest BCUT2D eigenvalue weighted by Gasteiger charge is 2.47. The second-order valence-corrected chi connectivity index (χ2v) is 8.98. The fourth-order valence-corrected chi connectivity index (χ4v) is 5.03. The minimum atomic E-state index is -0.945. The van der Waals surface area contributed by atoms with Crippen LogP contribution < -0.4 is 10.2 Å². The predicted octanol–water partition coefficient (Wildman–Crippen LogP) is 3.48. The van der Waals surface area contributed by atoms with Crippen molar-refractivity contribution in [2.45, 2.75) is 56.4 Å². The third-order valence-corrected chi connectivity index (χ3v) is 6.76. The molecular formula is C23H27FN6O. The Morgan fingerprint density at radius 1 is 1.26 bits per heavy atom. The number of benzene rings is 1. The van der Waals surface area contributed by atoms with Crippen LogP contribution in [0.15, 0.2) is 49.1 Å². The molecule has 162 valence electrons. The summed E-state index contributed by atoms with van der Waals surface area (Å²) in [5.74, 6) is 0.749. The first-order valence-corrected chi connectivity index (χ1v) is 10.7. The maximum atomic E-state index is 15.2. The smallest absolute Gasteiger partial charge is 0.151 e. The number of alkyl halides is 1. The topological polar surface area (TPSA) is 79.1 Å². The third kappa shape index (κ3) is 3.65. The van der Waals surface area contributed by atoms with Gasteiger partial charge < -0.3 is 19.9 Å². The minimum Gasteiger partial charge on any atom is -0.507 e. The van der Waals surface area contributed by atoms with Crippen molar-refractivity contribution in [3.05, 3.63) is 49.1 Å². The van der Waals surface area contributed by atoms with Crippen molar-refractivity contribution < 1.29 is 9.50 Å². The van der Waals surface area contributed by atoms with Crippen molar-refractivity contribution in [2.75, 3.05) is 11.9 Å². The van der Waals surface area contributed by atoms with Crippen LogP contribution in [-0.4, -0.2) is 55.7 Å². The normalized spacial score (nSPS) is 27.8. The Labute approximate surface area is 180 Å². The van der Waals surface area contributed by atoms with Crippen molar-refractivity contribution in [1.29, 1.82) is 0 Å². The van der Waals surface area contributed by atoms with Crippen LogP contribution >= 0.6 is 0 Å². The van der Waals surface area contributed by atoms with E-state index < -0.39 is 6.17 Å². The lowest BCUT2D eigenvalue weighted by Gasteiger charge is -2.51. The molecule has 0 saturated carbocycles. The zero-order chi connectivity index (χ0) is 21.6. The quantitative estimate of drug-likeness (QED) is 0.670. The summed E-state index contributed by atoms with van der Waals surface area (Å²) in [6.07, 6.45) is 7.98. The average molecular weight is 423 g/mol. The Hall–Kier alpha value is -3.00. The van der Waals surface area contributed by atoms with Crippen LogP contribution in [0.2, 0.25) is 0 Å². The van der Waals surface area contributed by atoms with Gasteiger partial charge in [-0.2, -0.15) is 0 Å². The van der Waals surface area contributed by atoms with Gasteiger partial charge in [-0.15, -0.1) is 10.2 Å². The Bertz CT molecular complexity index is 1060. The molecule has 0 spiro atoms. The molecule has 4 heterocycles. The number of anilines is 1. The first kappa shape index (κ1) is 19.9. The zero-order valence-corrected chi connectivity index (χ0v) is 17.7. The largest absolute Gasteiger partial charge is 0.507 e. The fourth-order valence-electron chi connectivity index (χ4n) is 5.03. The first-order valence-electron chi connectivity index (χ1n) is 10.7. The van der Waals surface area contributed by atoms with Gasteiger partial charge >= 0.3 is 0 Å². The number of fused-ring (bicyclic) bond motifs is 2. The third-order valence-electron chi connectivity index (χ3n) is 6.76. The minimum absolute atomic E-state index is 0.0272. The maximum Gasteiger partial charge on any atom is 0.151 e. The second-order valence-electron chi connectivity index (χ2n) is 8.98. The number of nitrogens with zero attached hydrogens (tertiary/aromatic N) is 5. The van der Waals surface area contributed by atoms with Crippen molar-refractivity contribution in [3.8, 4) is 22.7 Å². The van der Waals surface area contributed by atoms with Crippen molar-refractivity contribution in [1.82, 2.24) is 25.1 Å². The van der Waals surface area contributed by atoms with Crippen molar-refractivity contribution in [3.63, 3.8) is 0 Å². The standard InChI is InChI=1S/C23H27FN6O/c1-23-9-3-4-18(26-23)22(24)19(13-23)29(2)21-8-7-17(27-28-21)16-6-5-15(12-20(16)31)30-11-10-25-14-30/h5-8,10-12,14,18-19,22,26,31H,3-4,9,13H2,1-2H3/t18?,19-,22+,23-/m1/s1.